The van der Waals surface area contributed by atoms with E-state index < -0.39 is 0 Å². The van der Waals surface area contributed by atoms with Gasteiger partial charge in [0.05, 0.1) is 5.54 Å². The van der Waals surface area contributed by atoms with Crippen molar-refractivity contribution in [2.45, 2.75) is 31.2 Å². The number of aromatic nitrogens is 2. The van der Waals surface area contributed by atoms with Gasteiger partial charge < -0.3 is 5.73 Å². The molecule has 3 heterocycles. The number of aliphatic imine (C=N–C) groups is 1. The lowest BCUT2D eigenvalue weighted by atomic mass is 9.78. The normalized spacial score (nSPS) is 24.7. The highest BCUT2D eigenvalue weighted by Gasteiger charge is 2.39. The van der Waals surface area contributed by atoms with Crippen molar-refractivity contribution in [1.29, 1.82) is 0 Å². The number of amidine groups is 1. The third kappa shape index (κ3) is 2.26. The van der Waals surface area contributed by atoms with E-state index in [-0.39, 0.29) is 5.54 Å². The largest absolute Gasteiger partial charge is 0.379 e. The number of hydrogen-bond donors (Lipinski definition) is 1. The van der Waals surface area contributed by atoms with Gasteiger partial charge in [-0.25, -0.2) is 9.97 Å². The van der Waals surface area contributed by atoms with Gasteiger partial charge >= 0.3 is 0 Å². The van der Waals surface area contributed by atoms with Gasteiger partial charge in [0.25, 0.3) is 0 Å². The molecule has 2 aliphatic rings. The van der Waals surface area contributed by atoms with Crippen molar-refractivity contribution in [3.8, 4) is 10.4 Å². The Bertz CT molecular complexity index is 695. The summed E-state index contributed by atoms with van der Waals surface area (Å²) in [5, 5.41) is 0.741. The molecule has 0 aromatic carbocycles. The Hall–Kier alpha value is -1.40. The molecule has 0 saturated carbocycles. The molecule has 108 valence electrons. The second-order valence-corrected chi connectivity index (χ2v) is 7.76. The van der Waals surface area contributed by atoms with E-state index in [0.29, 0.717) is 0 Å². The minimum atomic E-state index is -0.0761. The van der Waals surface area contributed by atoms with Gasteiger partial charge in [-0.05, 0) is 37.3 Å². The Kier molecular flexibility index (Phi) is 3.23. The van der Waals surface area contributed by atoms with E-state index >= 15 is 0 Å². The average molecular weight is 316 g/mol. The van der Waals surface area contributed by atoms with Crippen LogP contribution in [0.25, 0.3) is 10.4 Å². The van der Waals surface area contributed by atoms with Crippen molar-refractivity contribution in [3.05, 3.63) is 35.2 Å². The van der Waals surface area contributed by atoms with E-state index in [1.54, 1.807) is 18.1 Å². The van der Waals surface area contributed by atoms with Crippen LogP contribution in [0.3, 0.4) is 0 Å². The number of aryl methyl sites for hydroxylation is 1. The van der Waals surface area contributed by atoms with Crippen LogP contribution in [0.2, 0.25) is 0 Å². The summed E-state index contributed by atoms with van der Waals surface area (Å²) >= 11 is 3.54. The third-order valence-corrected chi connectivity index (χ3v) is 6.28. The SMILES string of the molecule is NC1=NC2(CCCc3sc(-c4cncnc4)cc32)CCS1. The lowest BCUT2D eigenvalue weighted by Crippen LogP contribution is -2.34. The maximum absolute atomic E-state index is 6.01. The molecule has 1 unspecified atom stereocenters. The van der Waals surface area contributed by atoms with Crippen molar-refractivity contribution in [1.82, 2.24) is 9.97 Å². The minimum absolute atomic E-state index is 0.0761. The van der Waals surface area contributed by atoms with Gasteiger partial charge in [0.15, 0.2) is 5.17 Å². The van der Waals surface area contributed by atoms with E-state index in [4.69, 9.17) is 10.7 Å². The Morgan fingerprint density at radius 2 is 2.05 bits per heavy atom. The van der Waals surface area contributed by atoms with E-state index in [9.17, 15) is 0 Å². The number of fused-ring (bicyclic) bond motifs is 2. The first-order chi connectivity index (χ1) is 10.3. The lowest BCUT2D eigenvalue weighted by molar-refractivity contribution is 0.368. The number of nitrogens with zero attached hydrogens (tertiary/aromatic N) is 3. The number of thiophene rings is 1. The molecule has 1 atom stereocenters. The summed E-state index contributed by atoms with van der Waals surface area (Å²) in [7, 11) is 0. The third-order valence-electron chi connectivity index (χ3n) is 4.24. The second kappa shape index (κ2) is 5.10. The molecule has 1 spiro atoms. The van der Waals surface area contributed by atoms with Crippen LogP contribution < -0.4 is 5.73 Å². The Morgan fingerprint density at radius 3 is 2.86 bits per heavy atom. The van der Waals surface area contributed by atoms with Crippen LogP contribution in [0.5, 0.6) is 0 Å². The standard InChI is InChI=1S/C15H16N4S2/c16-14-19-15(4-5-20-14)3-1-2-12-11(15)6-13(21-12)10-7-17-9-18-8-10/h6-9H,1-5H2,(H2,16,19). The first-order valence-electron chi connectivity index (χ1n) is 7.14. The lowest BCUT2D eigenvalue weighted by Gasteiger charge is -2.36. The predicted molar refractivity (Wildman–Crippen MR) is 88.7 cm³/mol. The summed E-state index contributed by atoms with van der Waals surface area (Å²) in [6.45, 7) is 0. The Morgan fingerprint density at radius 1 is 1.19 bits per heavy atom. The molecule has 4 rings (SSSR count). The van der Waals surface area contributed by atoms with Crippen LogP contribution >= 0.6 is 23.1 Å². The summed E-state index contributed by atoms with van der Waals surface area (Å²) in [4.78, 5) is 15.8. The molecule has 2 aromatic heterocycles. The van der Waals surface area contributed by atoms with Crippen LogP contribution in [0, 0.1) is 0 Å². The molecule has 2 aromatic rings. The second-order valence-electron chi connectivity index (χ2n) is 5.51. The number of thioether (sulfide) groups is 1. The van der Waals surface area contributed by atoms with Crippen LogP contribution in [0.1, 0.15) is 29.7 Å². The number of rotatable bonds is 1. The van der Waals surface area contributed by atoms with Gasteiger partial charge in [-0.2, -0.15) is 0 Å². The fourth-order valence-electron chi connectivity index (χ4n) is 3.25. The highest BCUT2D eigenvalue weighted by Crippen LogP contribution is 2.48. The fourth-order valence-corrected chi connectivity index (χ4v) is 5.41. The van der Waals surface area contributed by atoms with Crippen molar-refractivity contribution < 1.29 is 0 Å². The number of nitrogens with two attached hydrogens (primary N) is 1. The molecule has 6 heteroatoms. The summed E-state index contributed by atoms with van der Waals surface area (Å²) in [5.74, 6) is 1.06. The average Bonchev–Trinajstić information content (AvgIpc) is 2.94. The van der Waals surface area contributed by atoms with Gasteiger partial charge in [-0.3, -0.25) is 4.99 Å². The van der Waals surface area contributed by atoms with E-state index in [1.165, 1.54) is 21.7 Å². The van der Waals surface area contributed by atoms with Gasteiger partial charge in [0.2, 0.25) is 0 Å². The zero-order valence-corrected chi connectivity index (χ0v) is 13.2. The van der Waals surface area contributed by atoms with Crippen LogP contribution in [-0.4, -0.2) is 20.9 Å². The van der Waals surface area contributed by atoms with E-state index in [0.717, 1.165) is 35.7 Å². The molecular weight excluding hydrogens is 300 g/mol. The molecule has 0 bridgehead atoms. The zero-order valence-electron chi connectivity index (χ0n) is 11.6. The van der Waals surface area contributed by atoms with E-state index in [1.807, 2.05) is 23.7 Å². The van der Waals surface area contributed by atoms with Crippen molar-refractivity contribution in [2.75, 3.05) is 5.75 Å². The van der Waals surface area contributed by atoms with Gasteiger partial charge in [-0.15, -0.1) is 11.3 Å². The van der Waals surface area contributed by atoms with Crippen LogP contribution in [0.4, 0.5) is 0 Å². The predicted octanol–water partition coefficient (Wildman–Crippen LogP) is 3.19. The van der Waals surface area contributed by atoms with Crippen molar-refractivity contribution in [2.24, 2.45) is 10.7 Å². The maximum Gasteiger partial charge on any atom is 0.154 e. The van der Waals surface area contributed by atoms with Gasteiger partial charge in [-0.1, -0.05) is 11.8 Å². The fraction of sp³-hybridized carbons (Fsp3) is 0.400. The van der Waals surface area contributed by atoms with E-state index in [2.05, 4.69) is 16.0 Å². The topological polar surface area (TPSA) is 64.2 Å². The molecule has 21 heavy (non-hydrogen) atoms. The van der Waals surface area contributed by atoms with Crippen molar-refractivity contribution in [3.63, 3.8) is 0 Å². The summed E-state index contributed by atoms with van der Waals surface area (Å²) in [6.07, 6.45) is 9.88. The minimum Gasteiger partial charge on any atom is -0.379 e. The van der Waals surface area contributed by atoms with Gasteiger partial charge in [0.1, 0.15) is 6.33 Å². The summed E-state index contributed by atoms with van der Waals surface area (Å²) < 4.78 is 0. The quantitative estimate of drug-likeness (QED) is 0.877. The maximum atomic E-state index is 6.01. The molecule has 0 fully saturated rings. The summed E-state index contributed by atoms with van der Waals surface area (Å²) in [6, 6.07) is 2.30. The molecule has 0 amide bonds. The Labute approximate surface area is 131 Å². The highest BCUT2D eigenvalue weighted by atomic mass is 32.2. The Balaban J connectivity index is 1.82. The molecule has 1 aliphatic heterocycles. The molecule has 1 aliphatic carbocycles. The van der Waals surface area contributed by atoms with Crippen LogP contribution in [-0.2, 0) is 12.0 Å². The molecule has 4 nitrogen and oxygen atoms in total. The molecule has 2 N–H and O–H groups in total. The summed E-state index contributed by atoms with van der Waals surface area (Å²) in [5.41, 5.74) is 8.42. The number of hydrogen-bond acceptors (Lipinski definition) is 6. The first-order valence-corrected chi connectivity index (χ1v) is 8.94. The molecule has 0 radical (unpaired) electrons. The van der Waals surface area contributed by atoms with Crippen LogP contribution in [0.15, 0.2) is 29.8 Å². The molecule has 0 saturated heterocycles. The smallest absolute Gasteiger partial charge is 0.154 e. The monoisotopic (exact) mass is 316 g/mol. The highest BCUT2D eigenvalue weighted by molar-refractivity contribution is 8.13. The van der Waals surface area contributed by atoms with Crippen molar-refractivity contribution >= 4 is 28.3 Å². The zero-order chi connectivity index (χ0) is 14.3. The first kappa shape index (κ1) is 13.3. The molecular formula is C15H16N4S2. The van der Waals surface area contributed by atoms with Gasteiger partial charge in [0, 0.05) is 33.5 Å².